The van der Waals surface area contributed by atoms with Gasteiger partial charge in [-0.2, -0.15) is 0 Å². The summed E-state index contributed by atoms with van der Waals surface area (Å²) in [6.45, 7) is 7.34. The van der Waals surface area contributed by atoms with Crippen LogP contribution in [0.5, 0.6) is 0 Å². The topological polar surface area (TPSA) is 0 Å². The fourth-order valence-corrected chi connectivity index (χ4v) is 1.86. The van der Waals surface area contributed by atoms with Crippen molar-refractivity contribution in [1.82, 2.24) is 0 Å². The van der Waals surface area contributed by atoms with Crippen molar-refractivity contribution in [1.29, 1.82) is 0 Å². The molecule has 0 spiro atoms. The molecule has 0 amide bonds. The molecule has 0 nitrogen and oxygen atoms in total. The van der Waals surface area contributed by atoms with Gasteiger partial charge in [-0.25, -0.2) is 0 Å². The first-order valence-corrected chi connectivity index (χ1v) is 6.45. The number of rotatable bonds is 0. The first-order valence-electron chi connectivity index (χ1n) is 4.94. The predicted octanol–water partition coefficient (Wildman–Crippen LogP) is -0.361. The van der Waals surface area contributed by atoms with E-state index in [0.717, 1.165) is 11.1 Å². The van der Waals surface area contributed by atoms with Crippen LogP contribution in [-0.4, -0.2) is 23.9 Å². The van der Waals surface area contributed by atoms with E-state index >= 15 is 0 Å². The molecule has 2 rings (SSSR count). The molecule has 2 aliphatic carbocycles. The molecule has 0 aromatic heterocycles. The van der Waals surface area contributed by atoms with Gasteiger partial charge >= 0.3 is 23.9 Å². The molecule has 0 aromatic carbocycles. The minimum Gasteiger partial charge on any atom is -1.00 e. The minimum absolute atomic E-state index is 0. The Labute approximate surface area is 175 Å². The summed E-state index contributed by atoms with van der Waals surface area (Å²) < 4.78 is 0. The molecule has 0 aromatic rings. The summed E-state index contributed by atoms with van der Waals surface area (Å²) in [4.78, 5) is 0. The number of allylic oxidation sites excluding steroid dienone is 10. The van der Waals surface area contributed by atoms with Crippen LogP contribution < -0.4 is 24.8 Å². The summed E-state index contributed by atoms with van der Waals surface area (Å²) in [5, 5.41) is 2.52. The summed E-state index contributed by atoms with van der Waals surface area (Å²) in [5.41, 5.74) is 1.61. The zero-order chi connectivity index (χ0) is 13.7. The first-order chi connectivity index (χ1) is 8.40. The molecule has 0 fully saturated rings. The van der Waals surface area contributed by atoms with Gasteiger partial charge in [0, 0.05) is 10.1 Å². The van der Waals surface area contributed by atoms with Gasteiger partial charge in [-0.15, -0.1) is 23.2 Å². The Balaban J connectivity index is -0.000000270. The predicted molar refractivity (Wildman–Crippen MR) is 88.4 cm³/mol. The van der Waals surface area contributed by atoms with Crippen molar-refractivity contribution in [3.8, 4) is 0 Å². The van der Waals surface area contributed by atoms with E-state index in [4.69, 9.17) is 46.4 Å². The van der Waals surface area contributed by atoms with Gasteiger partial charge in [0.2, 0.25) is 0 Å². The Kier molecular flexibility index (Phi) is 17.2. The van der Waals surface area contributed by atoms with Crippen molar-refractivity contribution >= 4 is 70.3 Å². The van der Waals surface area contributed by atoms with Crippen LogP contribution >= 0.6 is 46.4 Å². The molecule has 0 aliphatic heterocycles. The van der Waals surface area contributed by atoms with Gasteiger partial charge in [-0.1, -0.05) is 48.5 Å². The van der Waals surface area contributed by atoms with Crippen LogP contribution in [0.25, 0.3) is 0 Å². The van der Waals surface area contributed by atoms with E-state index in [1.807, 2.05) is 0 Å². The standard InChI is InChI=1S/2C7H5Cl2.2ClH.Sn/c2*1-5-2-3-6(8)4-7(5)9;;;/h2*2-4H,1H2;2*1H;/q;;;;+2/p-2. The van der Waals surface area contributed by atoms with Crippen LogP contribution in [0.3, 0.4) is 0 Å². The number of hydrogen-bond acceptors (Lipinski definition) is 0. The van der Waals surface area contributed by atoms with E-state index in [-0.39, 0.29) is 48.7 Å². The molecule has 0 atom stereocenters. The van der Waals surface area contributed by atoms with E-state index in [9.17, 15) is 0 Å². The summed E-state index contributed by atoms with van der Waals surface area (Å²) in [5.74, 6) is 0. The second-order valence-electron chi connectivity index (χ2n) is 3.47. The largest absolute Gasteiger partial charge is 2.00 e. The van der Waals surface area contributed by atoms with E-state index < -0.39 is 0 Å². The van der Waals surface area contributed by atoms with Gasteiger partial charge in [-0.05, 0) is 35.5 Å². The molecule has 2 aliphatic rings. The molecule has 7 heteroatoms. The maximum atomic E-state index is 5.67. The third-order valence-corrected chi connectivity index (χ3v) is 3.20. The summed E-state index contributed by atoms with van der Waals surface area (Å²) in [6.07, 6.45) is 10.4. The molecule has 0 saturated heterocycles. The molecule has 0 unspecified atom stereocenters. The van der Waals surface area contributed by atoms with E-state index in [2.05, 4.69) is 13.2 Å². The molecule has 4 radical (unpaired) electrons. The second kappa shape index (κ2) is 13.4. The second-order valence-corrected chi connectivity index (χ2v) is 5.16. The fourth-order valence-electron chi connectivity index (χ4n) is 1.04. The van der Waals surface area contributed by atoms with Gasteiger partial charge in [-0.3, -0.25) is 0 Å². The molecule has 0 saturated carbocycles. The third-order valence-electron chi connectivity index (χ3n) is 2.03. The van der Waals surface area contributed by atoms with Crippen LogP contribution in [0.15, 0.2) is 70.8 Å². The van der Waals surface area contributed by atoms with Crippen molar-refractivity contribution in [2.24, 2.45) is 0 Å². The van der Waals surface area contributed by atoms with Crippen molar-refractivity contribution < 1.29 is 24.8 Å². The maximum absolute atomic E-state index is 5.67. The van der Waals surface area contributed by atoms with Crippen LogP contribution in [0.2, 0.25) is 0 Å². The third kappa shape index (κ3) is 10.4. The summed E-state index contributed by atoms with van der Waals surface area (Å²) >= 11 is 22.5. The SMILES string of the molecule is C=C1C=CC(Cl)=C[C]1Cl.C=C1C=CC(Cl)=C[C]1Cl.[Cl-].[Cl-].[Sn+2]. The smallest absolute Gasteiger partial charge is 1.00 e. The summed E-state index contributed by atoms with van der Waals surface area (Å²) in [7, 11) is 0. The van der Waals surface area contributed by atoms with Crippen molar-refractivity contribution in [3.63, 3.8) is 0 Å². The van der Waals surface area contributed by atoms with Crippen molar-refractivity contribution in [2.75, 3.05) is 0 Å². The first kappa shape index (κ1) is 26.9. The Morgan fingerprint density at radius 3 is 1.10 bits per heavy atom. The molecule has 112 valence electrons. The van der Waals surface area contributed by atoms with Gasteiger partial charge in [0.15, 0.2) is 0 Å². The van der Waals surface area contributed by atoms with Crippen LogP contribution in [0.1, 0.15) is 0 Å². The van der Waals surface area contributed by atoms with Crippen LogP contribution in [-0.2, 0) is 0 Å². The van der Waals surface area contributed by atoms with Crippen molar-refractivity contribution in [3.05, 3.63) is 81.6 Å². The molecule has 0 N–H and O–H groups in total. The Bertz CT molecular complexity index is 432. The van der Waals surface area contributed by atoms with Crippen molar-refractivity contribution in [2.45, 2.75) is 0 Å². The molecule has 0 heterocycles. The van der Waals surface area contributed by atoms with Gasteiger partial charge < -0.3 is 24.8 Å². The number of halogens is 6. The van der Waals surface area contributed by atoms with Gasteiger partial charge in [0.1, 0.15) is 10.8 Å². The van der Waals surface area contributed by atoms with E-state index in [1.54, 1.807) is 36.5 Å². The van der Waals surface area contributed by atoms with E-state index in [0.29, 0.717) is 20.8 Å². The average molecular weight is 510 g/mol. The Hall–Kier alpha value is 0.979. The zero-order valence-electron chi connectivity index (χ0n) is 10.6. The van der Waals surface area contributed by atoms with Crippen LogP contribution in [0, 0.1) is 10.8 Å². The number of hydrogen-bond donors (Lipinski definition) is 0. The zero-order valence-corrected chi connectivity index (χ0v) is 18.0. The Morgan fingerprint density at radius 1 is 0.619 bits per heavy atom. The summed E-state index contributed by atoms with van der Waals surface area (Å²) in [6, 6.07) is 0. The normalized spacial score (nSPS) is 17.3. The fraction of sp³-hybridized carbons (Fsp3) is 0. The van der Waals surface area contributed by atoms with Gasteiger partial charge in [0.25, 0.3) is 0 Å². The monoisotopic (exact) mass is 508 g/mol. The van der Waals surface area contributed by atoms with Gasteiger partial charge in [0.05, 0.1) is 0 Å². The molecular weight excluding hydrogens is 500 g/mol. The molecular formula is C14H10Cl6Sn. The quantitative estimate of drug-likeness (QED) is 0.392. The van der Waals surface area contributed by atoms with E-state index in [1.165, 1.54) is 0 Å². The minimum atomic E-state index is 0. The maximum Gasteiger partial charge on any atom is 2.00 e. The Morgan fingerprint density at radius 2 is 0.905 bits per heavy atom. The molecule has 0 bridgehead atoms. The average Bonchev–Trinajstić information content (AvgIpc) is 2.30. The van der Waals surface area contributed by atoms with Crippen LogP contribution in [0.4, 0.5) is 0 Å². The molecule has 21 heavy (non-hydrogen) atoms.